The number of nitro groups is 1. The molecule has 24 heavy (non-hydrogen) atoms. The first-order valence-electron chi connectivity index (χ1n) is 7.67. The molecule has 0 spiro atoms. The zero-order valence-corrected chi connectivity index (χ0v) is 13.9. The number of likely N-dealkylation sites (tertiary alicyclic amines) is 1. The topological polar surface area (TPSA) is 122 Å². The summed E-state index contributed by atoms with van der Waals surface area (Å²) in [6.07, 6.45) is 3.05. The lowest BCUT2D eigenvalue weighted by Gasteiger charge is -2.26. The van der Waals surface area contributed by atoms with Gasteiger partial charge in [0.15, 0.2) is 4.90 Å². The summed E-state index contributed by atoms with van der Waals surface area (Å²) in [5, 5.41) is 13.6. The van der Waals surface area contributed by atoms with Gasteiger partial charge in [-0.2, -0.15) is 0 Å². The van der Waals surface area contributed by atoms with Crippen LogP contribution in [0.3, 0.4) is 0 Å². The molecule has 0 atom stereocenters. The zero-order valence-electron chi connectivity index (χ0n) is 13.1. The number of amides is 2. The first-order valence-corrected chi connectivity index (χ1v) is 9.16. The van der Waals surface area contributed by atoms with Crippen LogP contribution in [0.5, 0.6) is 0 Å². The average molecular weight is 356 g/mol. The second-order valence-electron chi connectivity index (χ2n) is 5.40. The first kappa shape index (κ1) is 18.1. The molecule has 132 valence electrons. The van der Waals surface area contributed by atoms with Gasteiger partial charge in [-0.3, -0.25) is 10.1 Å². The molecule has 10 heteroatoms. The average Bonchev–Trinajstić information content (AvgIpc) is 2.59. The number of hydrogen-bond donors (Lipinski definition) is 2. The van der Waals surface area contributed by atoms with Gasteiger partial charge in [-0.1, -0.05) is 12.1 Å². The summed E-state index contributed by atoms with van der Waals surface area (Å²) in [5.41, 5.74) is -0.484. The highest BCUT2D eigenvalue weighted by atomic mass is 32.2. The largest absolute Gasteiger partial charge is 0.337 e. The van der Waals surface area contributed by atoms with Gasteiger partial charge in [0.05, 0.1) is 4.92 Å². The summed E-state index contributed by atoms with van der Waals surface area (Å²) in [7, 11) is -4.02. The smallest absolute Gasteiger partial charge is 0.317 e. The van der Waals surface area contributed by atoms with E-state index in [2.05, 4.69) is 10.0 Å². The summed E-state index contributed by atoms with van der Waals surface area (Å²) in [5.74, 6) is 0. The van der Waals surface area contributed by atoms with E-state index in [-0.39, 0.29) is 19.1 Å². The molecule has 1 saturated heterocycles. The van der Waals surface area contributed by atoms with Gasteiger partial charge in [0.2, 0.25) is 10.0 Å². The van der Waals surface area contributed by atoms with E-state index in [1.54, 1.807) is 4.90 Å². The van der Waals surface area contributed by atoms with Crippen LogP contribution in [0, 0.1) is 10.1 Å². The van der Waals surface area contributed by atoms with Crippen LogP contribution in [0.4, 0.5) is 10.5 Å². The minimum Gasteiger partial charge on any atom is -0.337 e. The van der Waals surface area contributed by atoms with Crippen LogP contribution in [0.2, 0.25) is 0 Å². The number of urea groups is 1. The number of nitrogens with one attached hydrogen (secondary N) is 2. The van der Waals surface area contributed by atoms with Gasteiger partial charge in [0, 0.05) is 32.2 Å². The van der Waals surface area contributed by atoms with Gasteiger partial charge in [-0.25, -0.2) is 17.9 Å². The maximum absolute atomic E-state index is 12.2. The predicted molar refractivity (Wildman–Crippen MR) is 87.1 cm³/mol. The number of hydrogen-bond acceptors (Lipinski definition) is 5. The first-order chi connectivity index (χ1) is 11.4. The zero-order chi connectivity index (χ0) is 17.6. The number of carbonyl (C=O) groups excluding carboxylic acids is 1. The Bertz CT molecular complexity index is 701. The molecule has 2 rings (SSSR count). The Morgan fingerprint density at radius 1 is 1.17 bits per heavy atom. The minimum atomic E-state index is -4.02. The van der Waals surface area contributed by atoms with Crippen LogP contribution in [0.15, 0.2) is 29.2 Å². The molecule has 1 fully saturated rings. The van der Waals surface area contributed by atoms with E-state index in [1.807, 2.05) is 0 Å². The van der Waals surface area contributed by atoms with Gasteiger partial charge in [0.25, 0.3) is 5.69 Å². The molecule has 0 radical (unpaired) electrons. The number of carbonyl (C=O) groups is 1. The quantitative estimate of drug-likeness (QED) is 0.448. The lowest BCUT2D eigenvalue weighted by molar-refractivity contribution is -0.387. The SMILES string of the molecule is O=C(NCCNS(=O)(=O)c1ccccc1[N+](=O)[O-])N1CCCCC1. The van der Waals surface area contributed by atoms with Crippen molar-refractivity contribution in [3.63, 3.8) is 0 Å². The molecule has 1 aromatic rings. The highest BCUT2D eigenvalue weighted by molar-refractivity contribution is 7.89. The molecular weight excluding hydrogens is 336 g/mol. The van der Waals surface area contributed by atoms with E-state index in [0.29, 0.717) is 13.1 Å². The third-order valence-electron chi connectivity index (χ3n) is 3.69. The Kier molecular flexibility index (Phi) is 6.10. The lowest BCUT2D eigenvalue weighted by atomic mass is 10.1. The van der Waals surface area contributed by atoms with Crippen molar-refractivity contribution >= 4 is 21.7 Å². The minimum absolute atomic E-state index is 0.0477. The highest BCUT2D eigenvalue weighted by Crippen LogP contribution is 2.22. The number of para-hydroxylation sites is 1. The number of nitrogens with zero attached hydrogens (tertiary/aromatic N) is 2. The molecule has 0 bridgehead atoms. The number of nitro benzene ring substituents is 1. The van der Waals surface area contributed by atoms with E-state index in [4.69, 9.17) is 0 Å². The molecule has 2 amide bonds. The van der Waals surface area contributed by atoms with Crippen LogP contribution in [0.1, 0.15) is 19.3 Å². The maximum Gasteiger partial charge on any atom is 0.317 e. The number of rotatable bonds is 6. The highest BCUT2D eigenvalue weighted by Gasteiger charge is 2.24. The third kappa shape index (κ3) is 4.65. The van der Waals surface area contributed by atoms with Crippen molar-refractivity contribution in [1.82, 2.24) is 14.9 Å². The Labute approximate surface area is 140 Å². The fourth-order valence-electron chi connectivity index (χ4n) is 2.48. The lowest BCUT2D eigenvalue weighted by Crippen LogP contribution is -2.45. The van der Waals surface area contributed by atoms with Crippen molar-refractivity contribution in [2.75, 3.05) is 26.2 Å². The van der Waals surface area contributed by atoms with E-state index < -0.39 is 25.5 Å². The monoisotopic (exact) mass is 356 g/mol. The fraction of sp³-hybridized carbons (Fsp3) is 0.500. The Morgan fingerprint density at radius 2 is 1.83 bits per heavy atom. The molecule has 1 aliphatic rings. The van der Waals surface area contributed by atoms with Crippen molar-refractivity contribution < 1.29 is 18.1 Å². The number of benzene rings is 1. The van der Waals surface area contributed by atoms with Gasteiger partial charge in [0.1, 0.15) is 0 Å². The van der Waals surface area contributed by atoms with Gasteiger partial charge in [-0.05, 0) is 25.3 Å². The number of piperidine rings is 1. The second kappa shape index (κ2) is 8.06. The van der Waals surface area contributed by atoms with Crippen LogP contribution in [-0.4, -0.2) is 50.5 Å². The van der Waals surface area contributed by atoms with Crippen LogP contribution < -0.4 is 10.0 Å². The van der Waals surface area contributed by atoms with Gasteiger partial charge in [-0.15, -0.1) is 0 Å². The molecular formula is C14H20N4O5S. The Morgan fingerprint density at radius 3 is 2.50 bits per heavy atom. The summed E-state index contributed by atoms with van der Waals surface area (Å²) in [4.78, 5) is 23.4. The second-order valence-corrected chi connectivity index (χ2v) is 7.14. The van der Waals surface area contributed by atoms with Crippen molar-refractivity contribution in [2.45, 2.75) is 24.2 Å². The third-order valence-corrected chi connectivity index (χ3v) is 5.20. The summed E-state index contributed by atoms with van der Waals surface area (Å²) in [6, 6.07) is 4.90. The van der Waals surface area contributed by atoms with E-state index in [0.717, 1.165) is 25.3 Å². The summed E-state index contributed by atoms with van der Waals surface area (Å²) in [6.45, 7) is 1.46. The van der Waals surface area contributed by atoms with Crippen molar-refractivity contribution in [3.05, 3.63) is 34.4 Å². The molecule has 2 N–H and O–H groups in total. The maximum atomic E-state index is 12.2. The van der Waals surface area contributed by atoms with Crippen molar-refractivity contribution in [1.29, 1.82) is 0 Å². The molecule has 1 aliphatic heterocycles. The summed E-state index contributed by atoms with van der Waals surface area (Å²) < 4.78 is 26.6. The molecule has 0 saturated carbocycles. The molecule has 0 unspecified atom stereocenters. The van der Waals surface area contributed by atoms with Crippen LogP contribution >= 0.6 is 0 Å². The summed E-state index contributed by atoms with van der Waals surface area (Å²) >= 11 is 0. The molecule has 0 aliphatic carbocycles. The standard InChI is InChI=1S/C14H20N4O5S/c19-14(17-10-4-1-5-11-17)15-8-9-16-24(22,23)13-7-3-2-6-12(13)18(20)21/h2-3,6-7,16H,1,4-5,8-11H2,(H,15,19). The predicted octanol–water partition coefficient (Wildman–Crippen LogP) is 1.07. The fourth-order valence-corrected chi connectivity index (χ4v) is 3.68. The molecule has 9 nitrogen and oxygen atoms in total. The molecule has 0 aromatic heterocycles. The van der Waals surface area contributed by atoms with Crippen LogP contribution in [0.25, 0.3) is 0 Å². The Balaban J connectivity index is 1.87. The van der Waals surface area contributed by atoms with Gasteiger partial charge >= 0.3 is 6.03 Å². The molecule has 1 aromatic carbocycles. The van der Waals surface area contributed by atoms with Gasteiger partial charge < -0.3 is 10.2 Å². The van der Waals surface area contributed by atoms with E-state index in [9.17, 15) is 23.3 Å². The normalized spacial score (nSPS) is 15.1. The van der Waals surface area contributed by atoms with Crippen molar-refractivity contribution in [2.24, 2.45) is 0 Å². The number of sulfonamides is 1. The van der Waals surface area contributed by atoms with E-state index >= 15 is 0 Å². The van der Waals surface area contributed by atoms with Crippen LogP contribution in [-0.2, 0) is 10.0 Å². The van der Waals surface area contributed by atoms with Crippen molar-refractivity contribution in [3.8, 4) is 0 Å². The molecule has 1 heterocycles. The Hall–Kier alpha value is -2.20. The van der Waals surface area contributed by atoms with E-state index in [1.165, 1.54) is 18.2 Å².